The molecule has 0 aliphatic carbocycles. The lowest BCUT2D eigenvalue weighted by Gasteiger charge is -2.18. The summed E-state index contributed by atoms with van der Waals surface area (Å²) >= 11 is 0. The molecule has 37 heavy (non-hydrogen) atoms. The molecule has 0 saturated heterocycles. The number of nitrogens with one attached hydrogen (secondary N) is 2. The van der Waals surface area contributed by atoms with Crippen LogP contribution in [0.1, 0.15) is 72.1 Å². The molecular formula is C29H46N2O6. The molecule has 0 aromatic heterocycles. The Bertz CT molecular complexity index is 813. The molecule has 0 rings (SSSR count). The van der Waals surface area contributed by atoms with Crippen molar-refractivity contribution in [1.82, 2.24) is 10.6 Å². The Labute approximate surface area is 221 Å². The van der Waals surface area contributed by atoms with Gasteiger partial charge in [0.25, 0.3) is 0 Å². The maximum absolute atomic E-state index is 12.2. The number of carboxylic acid groups (broad SMARTS) is 1. The van der Waals surface area contributed by atoms with Gasteiger partial charge in [-0.2, -0.15) is 0 Å². The molecule has 0 radical (unpaired) electrons. The molecule has 5 N–H and O–H groups in total. The smallest absolute Gasteiger partial charge is 0.328 e. The minimum absolute atomic E-state index is 0.0263. The van der Waals surface area contributed by atoms with Crippen LogP contribution < -0.4 is 10.6 Å². The van der Waals surface area contributed by atoms with Gasteiger partial charge in [-0.15, -0.1) is 0 Å². The number of hydrogen-bond acceptors (Lipinski definition) is 5. The number of rotatable bonds is 20. The average Bonchev–Trinajstić information content (AvgIpc) is 2.87. The number of unbranched alkanes of at least 4 members (excludes halogenated alkanes) is 4. The van der Waals surface area contributed by atoms with Gasteiger partial charge in [0.15, 0.2) is 0 Å². The highest BCUT2D eigenvalue weighted by Gasteiger charge is 2.21. The third-order valence-corrected chi connectivity index (χ3v) is 5.61. The minimum atomic E-state index is -1.01. The summed E-state index contributed by atoms with van der Waals surface area (Å²) in [6.45, 7) is 6.00. The maximum Gasteiger partial charge on any atom is 0.328 e. The van der Waals surface area contributed by atoms with Crippen LogP contribution >= 0.6 is 0 Å². The van der Waals surface area contributed by atoms with Crippen molar-refractivity contribution in [2.75, 3.05) is 13.1 Å². The second-order valence-electron chi connectivity index (χ2n) is 9.03. The van der Waals surface area contributed by atoms with Crippen LogP contribution in [0, 0.1) is 5.92 Å². The van der Waals surface area contributed by atoms with E-state index in [1.807, 2.05) is 19.1 Å². The zero-order valence-electron chi connectivity index (χ0n) is 22.6. The normalized spacial score (nSPS) is 15.0. The summed E-state index contributed by atoms with van der Waals surface area (Å²) in [5, 5.41) is 34.1. The van der Waals surface area contributed by atoms with E-state index in [1.165, 1.54) is 25.3 Å². The van der Waals surface area contributed by atoms with E-state index in [0.29, 0.717) is 13.0 Å². The van der Waals surface area contributed by atoms with Crippen molar-refractivity contribution < 1.29 is 29.7 Å². The Hall–Kier alpha value is -2.97. The van der Waals surface area contributed by atoms with E-state index in [9.17, 15) is 24.6 Å². The van der Waals surface area contributed by atoms with Crippen molar-refractivity contribution in [3.63, 3.8) is 0 Å². The Morgan fingerprint density at radius 2 is 1.62 bits per heavy atom. The predicted octanol–water partition coefficient (Wildman–Crippen LogP) is 3.97. The van der Waals surface area contributed by atoms with E-state index < -0.39 is 24.1 Å². The molecule has 3 atom stereocenters. The number of aliphatic carboxylic acids is 1. The monoisotopic (exact) mass is 518 g/mol. The molecule has 0 spiro atoms. The first-order valence-electron chi connectivity index (χ1n) is 13.2. The van der Waals surface area contributed by atoms with E-state index in [-0.39, 0.29) is 24.8 Å². The van der Waals surface area contributed by atoms with Gasteiger partial charge in [0.05, 0.1) is 18.1 Å². The average molecular weight is 519 g/mol. The summed E-state index contributed by atoms with van der Waals surface area (Å²) in [4.78, 5) is 34.6. The number of aliphatic hydroxyl groups is 2. The molecule has 8 heteroatoms. The molecule has 0 aliphatic heterocycles. The number of allylic oxidation sites excluding steroid dienone is 6. The highest BCUT2D eigenvalue weighted by atomic mass is 16.4. The first kappa shape index (κ1) is 34.0. The molecule has 0 unspecified atom stereocenters. The van der Waals surface area contributed by atoms with Gasteiger partial charge >= 0.3 is 5.97 Å². The van der Waals surface area contributed by atoms with Crippen molar-refractivity contribution in [1.29, 1.82) is 0 Å². The summed E-state index contributed by atoms with van der Waals surface area (Å²) < 4.78 is 0. The van der Waals surface area contributed by atoms with Crippen molar-refractivity contribution in [3.05, 3.63) is 60.3 Å². The van der Waals surface area contributed by atoms with Crippen molar-refractivity contribution in [3.8, 4) is 0 Å². The fourth-order valence-corrected chi connectivity index (χ4v) is 3.16. The van der Waals surface area contributed by atoms with Gasteiger partial charge in [-0.25, -0.2) is 4.79 Å². The standard InChI is InChI=1S/C29H46N2O6/c1-4-5-6-9-12-15-25(32)19-17-23(2)18-20-27(34)31-22-26(33)24(3)29(37)30-21-14-11-8-7-10-13-16-28(35)36/h7-8,10-11,13,16-19,24-26,32-33H,4-6,9,12,14-15,20-22H2,1-3H3,(H,30,37)(H,31,34)(H,35,36)/b10-7+,11-8+,16-13+,19-17+,23-18+/t24-,25+,26-/m0/s1. The van der Waals surface area contributed by atoms with E-state index in [0.717, 1.165) is 30.9 Å². The van der Waals surface area contributed by atoms with Gasteiger partial charge < -0.3 is 26.0 Å². The number of carbonyl (C=O) groups excluding carboxylic acids is 2. The van der Waals surface area contributed by atoms with Crippen LogP contribution in [0.2, 0.25) is 0 Å². The van der Waals surface area contributed by atoms with Gasteiger partial charge in [-0.1, -0.05) is 100 Å². The van der Waals surface area contributed by atoms with Crippen LogP contribution in [0.5, 0.6) is 0 Å². The van der Waals surface area contributed by atoms with Gasteiger partial charge in [0.2, 0.25) is 11.8 Å². The minimum Gasteiger partial charge on any atom is -0.478 e. The van der Waals surface area contributed by atoms with E-state index in [1.54, 1.807) is 37.3 Å². The molecule has 0 fully saturated rings. The highest BCUT2D eigenvalue weighted by molar-refractivity contribution is 5.80. The largest absolute Gasteiger partial charge is 0.478 e. The zero-order valence-corrected chi connectivity index (χ0v) is 22.6. The molecule has 0 aliphatic rings. The van der Waals surface area contributed by atoms with Gasteiger partial charge in [0, 0.05) is 25.6 Å². The van der Waals surface area contributed by atoms with Crippen LogP contribution in [0.25, 0.3) is 0 Å². The Morgan fingerprint density at radius 1 is 0.919 bits per heavy atom. The second-order valence-corrected chi connectivity index (χ2v) is 9.03. The Morgan fingerprint density at radius 3 is 2.32 bits per heavy atom. The Balaban J connectivity index is 4.18. The number of carboxylic acids is 1. The van der Waals surface area contributed by atoms with Gasteiger partial charge in [-0.3, -0.25) is 9.59 Å². The summed E-state index contributed by atoms with van der Waals surface area (Å²) in [5.74, 6) is -2.26. The van der Waals surface area contributed by atoms with E-state index in [2.05, 4.69) is 17.6 Å². The lowest BCUT2D eigenvalue weighted by atomic mass is 10.0. The third-order valence-electron chi connectivity index (χ3n) is 5.61. The molecule has 0 bridgehead atoms. The second kappa shape index (κ2) is 22.2. The van der Waals surface area contributed by atoms with Crippen molar-refractivity contribution >= 4 is 17.8 Å². The molecule has 0 aromatic rings. The third kappa shape index (κ3) is 20.9. The fourth-order valence-electron chi connectivity index (χ4n) is 3.16. The summed E-state index contributed by atoms with van der Waals surface area (Å²) in [5.41, 5.74) is 0.870. The molecule has 208 valence electrons. The number of hydrogen-bond donors (Lipinski definition) is 5. The zero-order chi connectivity index (χ0) is 27.9. The first-order valence-corrected chi connectivity index (χ1v) is 13.2. The van der Waals surface area contributed by atoms with Crippen LogP contribution in [-0.2, 0) is 14.4 Å². The number of aliphatic hydroxyl groups excluding tert-OH is 2. The summed E-state index contributed by atoms with van der Waals surface area (Å²) in [6.07, 6.45) is 20.3. The highest BCUT2D eigenvalue weighted by Crippen LogP contribution is 2.09. The molecule has 0 heterocycles. The molecular weight excluding hydrogens is 472 g/mol. The van der Waals surface area contributed by atoms with Crippen molar-refractivity contribution in [2.45, 2.75) is 84.3 Å². The first-order chi connectivity index (χ1) is 17.7. The molecule has 0 saturated carbocycles. The maximum atomic E-state index is 12.2. The summed E-state index contributed by atoms with van der Waals surface area (Å²) in [6, 6.07) is 0. The fraction of sp³-hybridized carbons (Fsp3) is 0.552. The SMILES string of the molecule is CCCCCCC[C@@H](O)/C=C/C(C)=C/CC(=O)NC[C@H](O)[C@H](C)C(=O)NCC/C=C/C=C/C=C/C(=O)O. The summed E-state index contributed by atoms with van der Waals surface area (Å²) in [7, 11) is 0. The predicted molar refractivity (Wildman–Crippen MR) is 148 cm³/mol. The van der Waals surface area contributed by atoms with Crippen LogP contribution in [0.4, 0.5) is 0 Å². The van der Waals surface area contributed by atoms with Crippen molar-refractivity contribution in [2.24, 2.45) is 5.92 Å². The number of carbonyl (C=O) groups is 3. The van der Waals surface area contributed by atoms with E-state index in [4.69, 9.17) is 5.11 Å². The molecule has 8 nitrogen and oxygen atoms in total. The quantitative estimate of drug-likeness (QED) is 0.0940. The molecule has 0 aromatic carbocycles. The lowest BCUT2D eigenvalue weighted by molar-refractivity contribution is -0.131. The van der Waals surface area contributed by atoms with Crippen LogP contribution in [0.15, 0.2) is 60.3 Å². The lowest BCUT2D eigenvalue weighted by Crippen LogP contribution is -2.42. The molecule has 2 amide bonds. The van der Waals surface area contributed by atoms with Gasteiger partial charge in [0.1, 0.15) is 0 Å². The van der Waals surface area contributed by atoms with Crippen LogP contribution in [0.3, 0.4) is 0 Å². The van der Waals surface area contributed by atoms with Gasteiger partial charge in [-0.05, 0) is 19.8 Å². The Kier molecular flexibility index (Phi) is 20.5. The van der Waals surface area contributed by atoms with E-state index >= 15 is 0 Å². The van der Waals surface area contributed by atoms with Crippen LogP contribution in [-0.4, -0.2) is 58.4 Å². The number of amides is 2. The topological polar surface area (TPSA) is 136 Å².